The summed E-state index contributed by atoms with van der Waals surface area (Å²) in [5.41, 5.74) is 0. The molecule has 2 saturated carbocycles. The van der Waals surface area contributed by atoms with E-state index in [-0.39, 0.29) is 35.9 Å². The number of ether oxygens (including phenoxy) is 1. The van der Waals surface area contributed by atoms with E-state index < -0.39 is 5.97 Å². The summed E-state index contributed by atoms with van der Waals surface area (Å²) in [7, 11) is 0. The summed E-state index contributed by atoms with van der Waals surface area (Å²) in [6, 6.07) is 0. The molecule has 0 bridgehead atoms. The summed E-state index contributed by atoms with van der Waals surface area (Å²) < 4.78 is 4.96. The lowest BCUT2D eigenvalue weighted by Crippen LogP contribution is -2.21. The molecule has 0 saturated heterocycles. The molecular formula is C18H32O6. The van der Waals surface area contributed by atoms with Gasteiger partial charge >= 0.3 is 11.9 Å². The van der Waals surface area contributed by atoms with E-state index in [1.165, 1.54) is 0 Å². The van der Waals surface area contributed by atoms with Gasteiger partial charge in [-0.2, -0.15) is 0 Å². The van der Waals surface area contributed by atoms with Crippen LogP contribution in [0.2, 0.25) is 0 Å². The van der Waals surface area contributed by atoms with Gasteiger partial charge in [0.1, 0.15) is 0 Å². The Hall–Kier alpha value is -1.14. The third-order valence-electron chi connectivity index (χ3n) is 5.30. The smallest absolute Gasteiger partial charge is 0.309 e. The SMILES string of the molecule is CCC1CC(O)CC1C(=O)O.CCOC(=O)C1CC(O)CC1CC. The molecule has 0 aliphatic heterocycles. The van der Waals surface area contributed by atoms with E-state index in [1.54, 1.807) is 0 Å². The number of rotatable bonds is 5. The van der Waals surface area contributed by atoms with Crippen molar-refractivity contribution in [3.05, 3.63) is 0 Å². The maximum Gasteiger partial charge on any atom is 0.309 e. The highest BCUT2D eigenvalue weighted by Gasteiger charge is 2.38. The summed E-state index contributed by atoms with van der Waals surface area (Å²) >= 11 is 0. The van der Waals surface area contributed by atoms with Crippen molar-refractivity contribution in [1.82, 2.24) is 0 Å². The number of hydrogen-bond donors (Lipinski definition) is 3. The maximum atomic E-state index is 11.4. The molecule has 0 spiro atoms. The minimum Gasteiger partial charge on any atom is -0.481 e. The number of aliphatic hydroxyl groups excluding tert-OH is 2. The van der Waals surface area contributed by atoms with E-state index >= 15 is 0 Å². The Balaban J connectivity index is 0.000000243. The lowest BCUT2D eigenvalue weighted by molar-refractivity contribution is -0.149. The van der Waals surface area contributed by atoms with Gasteiger partial charge in [0.25, 0.3) is 0 Å². The van der Waals surface area contributed by atoms with Gasteiger partial charge in [0.2, 0.25) is 0 Å². The zero-order valence-electron chi connectivity index (χ0n) is 15.0. The zero-order chi connectivity index (χ0) is 18.3. The predicted molar refractivity (Wildman–Crippen MR) is 89.3 cm³/mol. The molecule has 6 heteroatoms. The van der Waals surface area contributed by atoms with Crippen molar-refractivity contribution in [2.75, 3.05) is 6.61 Å². The largest absolute Gasteiger partial charge is 0.481 e. The number of aliphatic carboxylic acids is 1. The average molecular weight is 344 g/mol. The minimum absolute atomic E-state index is 0.0695. The second kappa shape index (κ2) is 9.99. The molecule has 0 amide bonds. The summed E-state index contributed by atoms with van der Waals surface area (Å²) in [5, 5.41) is 27.3. The van der Waals surface area contributed by atoms with Crippen LogP contribution in [-0.2, 0) is 14.3 Å². The second-order valence-electron chi connectivity index (χ2n) is 6.89. The fraction of sp³-hybridized carbons (Fsp3) is 0.889. The summed E-state index contributed by atoms with van der Waals surface area (Å²) in [5.74, 6) is -0.772. The number of carboxylic acids is 1. The molecule has 6 atom stereocenters. The molecule has 2 aliphatic carbocycles. The molecule has 24 heavy (non-hydrogen) atoms. The van der Waals surface area contributed by atoms with Crippen LogP contribution in [0.3, 0.4) is 0 Å². The molecule has 0 aromatic rings. The molecule has 0 heterocycles. The molecule has 0 aromatic heterocycles. The van der Waals surface area contributed by atoms with E-state index in [0.29, 0.717) is 31.8 Å². The van der Waals surface area contributed by atoms with E-state index in [1.807, 2.05) is 13.8 Å². The molecule has 2 aliphatic rings. The van der Waals surface area contributed by atoms with Crippen molar-refractivity contribution in [3.63, 3.8) is 0 Å². The van der Waals surface area contributed by atoms with E-state index in [2.05, 4.69) is 6.92 Å². The number of carbonyl (C=O) groups is 2. The Bertz CT molecular complexity index is 410. The highest BCUT2D eigenvalue weighted by molar-refractivity contribution is 5.73. The Morgan fingerprint density at radius 1 is 0.875 bits per heavy atom. The Morgan fingerprint density at radius 3 is 1.71 bits per heavy atom. The van der Waals surface area contributed by atoms with Crippen LogP contribution in [-0.4, -0.2) is 46.1 Å². The van der Waals surface area contributed by atoms with E-state index in [0.717, 1.165) is 19.3 Å². The minimum atomic E-state index is -0.756. The molecule has 0 aromatic carbocycles. The first kappa shape index (κ1) is 20.9. The fourth-order valence-corrected chi connectivity index (χ4v) is 3.93. The lowest BCUT2D eigenvalue weighted by Gasteiger charge is -2.15. The van der Waals surface area contributed by atoms with Crippen molar-refractivity contribution in [2.24, 2.45) is 23.7 Å². The molecule has 140 valence electrons. The van der Waals surface area contributed by atoms with Crippen molar-refractivity contribution in [1.29, 1.82) is 0 Å². The normalized spacial score (nSPS) is 35.2. The molecule has 6 unspecified atom stereocenters. The Morgan fingerprint density at radius 2 is 1.33 bits per heavy atom. The van der Waals surface area contributed by atoms with Gasteiger partial charge in [-0.25, -0.2) is 0 Å². The summed E-state index contributed by atoms with van der Waals surface area (Å²) in [6.45, 7) is 6.26. The van der Waals surface area contributed by atoms with Crippen molar-refractivity contribution < 1.29 is 29.6 Å². The highest BCUT2D eigenvalue weighted by atomic mass is 16.5. The van der Waals surface area contributed by atoms with Crippen LogP contribution >= 0.6 is 0 Å². The number of carboxylic acid groups (broad SMARTS) is 1. The van der Waals surface area contributed by atoms with Crippen LogP contribution in [0.25, 0.3) is 0 Å². The van der Waals surface area contributed by atoms with Crippen LogP contribution in [0.15, 0.2) is 0 Å². The van der Waals surface area contributed by atoms with Crippen LogP contribution in [0, 0.1) is 23.7 Å². The van der Waals surface area contributed by atoms with Gasteiger partial charge in [-0.1, -0.05) is 26.7 Å². The summed E-state index contributed by atoms with van der Waals surface area (Å²) in [4.78, 5) is 22.0. The maximum absolute atomic E-state index is 11.4. The first-order valence-electron chi connectivity index (χ1n) is 9.09. The first-order chi connectivity index (χ1) is 11.3. The van der Waals surface area contributed by atoms with Gasteiger partial charge in [0, 0.05) is 0 Å². The van der Waals surface area contributed by atoms with Crippen LogP contribution in [0.4, 0.5) is 0 Å². The Labute approximate surface area is 144 Å². The summed E-state index contributed by atoms with van der Waals surface area (Å²) in [6.07, 6.45) is 3.54. The van der Waals surface area contributed by atoms with E-state index in [4.69, 9.17) is 9.84 Å². The van der Waals surface area contributed by atoms with Gasteiger partial charge in [-0.15, -0.1) is 0 Å². The zero-order valence-corrected chi connectivity index (χ0v) is 15.0. The van der Waals surface area contributed by atoms with Crippen LogP contribution in [0.1, 0.15) is 59.3 Å². The number of aliphatic hydroxyl groups is 2. The third-order valence-corrected chi connectivity index (χ3v) is 5.30. The van der Waals surface area contributed by atoms with Gasteiger partial charge in [-0.05, 0) is 44.4 Å². The van der Waals surface area contributed by atoms with Gasteiger partial charge in [0.05, 0.1) is 30.7 Å². The molecule has 6 nitrogen and oxygen atoms in total. The molecule has 3 N–H and O–H groups in total. The van der Waals surface area contributed by atoms with Crippen LogP contribution < -0.4 is 0 Å². The predicted octanol–water partition coefficient (Wildman–Crippen LogP) is 2.21. The van der Waals surface area contributed by atoms with Crippen molar-refractivity contribution >= 4 is 11.9 Å². The monoisotopic (exact) mass is 344 g/mol. The molecular weight excluding hydrogens is 312 g/mol. The lowest BCUT2D eigenvalue weighted by atomic mass is 9.94. The molecule has 2 fully saturated rings. The van der Waals surface area contributed by atoms with Crippen molar-refractivity contribution in [3.8, 4) is 0 Å². The van der Waals surface area contributed by atoms with Gasteiger partial charge in [0.15, 0.2) is 0 Å². The fourth-order valence-electron chi connectivity index (χ4n) is 3.93. The second-order valence-corrected chi connectivity index (χ2v) is 6.89. The standard InChI is InChI=1S/C10H18O3.C8H14O3/c1-3-7-5-8(11)6-9(7)10(12)13-4-2;1-2-5-3-6(9)4-7(5)8(10)11/h7-9,11H,3-6H2,1-2H3;5-7,9H,2-4H2,1H3,(H,10,11). The van der Waals surface area contributed by atoms with Crippen LogP contribution in [0.5, 0.6) is 0 Å². The number of carbonyl (C=O) groups excluding carboxylic acids is 1. The first-order valence-corrected chi connectivity index (χ1v) is 9.09. The van der Waals surface area contributed by atoms with Crippen molar-refractivity contribution in [2.45, 2.75) is 71.5 Å². The third kappa shape index (κ3) is 5.74. The average Bonchev–Trinajstić information content (AvgIpc) is 3.10. The van der Waals surface area contributed by atoms with Gasteiger partial charge in [-0.3, -0.25) is 9.59 Å². The molecule has 0 radical (unpaired) electrons. The number of hydrogen-bond acceptors (Lipinski definition) is 5. The Kier molecular flexibility index (Phi) is 8.70. The van der Waals surface area contributed by atoms with Gasteiger partial charge < -0.3 is 20.1 Å². The topological polar surface area (TPSA) is 104 Å². The highest BCUT2D eigenvalue weighted by Crippen LogP contribution is 2.35. The molecule has 2 rings (SSSR count). The number of esters is 1. The van der Waals surface area contributed by atoms with E-state index in [9.17, 15) is 19.8 Å². The quantitative estimate of drug-likeness (QED) is 0.661.